The highest BCUT2D eigenvalue weighted by molar-refractivity contribution is 4.66. The van der Waals surface area contributed by atoms with Crippen molar-refractivity contribution in [2.45, 2.75) is 12.8 Å². The van der Waals surface area contributed by atoms with Crippen molar-refractivity contribution in [3.05, 3.63) is 0 Å². The van der Waals surface area contributed by atoms with Crippen LogP contribution in [-0.4, -0.2) is 52.4 Å². The summed E-state index contributed by atoms with van der Waals surface area (Å²) in [6.07, 6.45) is 0. The number of aliphatic hydroxyl groups excluding tert-OH is 2. The second-order valence-electron chi connectivity index (χ2n) is 2.53. The first-order valence-electron chi connectivity index (χ1n) is 3.50. The lowest BCUT2D eigenvalue weighted by Crippen LogP contribution is -2.55. The molecular weight excluding hydrogens is 148 g/mol. The maximum Gasteiger partial charge on any atom is 0.169 e. The Kier molecular flexibility index (Phi) is 4.55. The third-order valence-electron chi connectivity index (χ3n) is 1.38. The highest BCUT2D eigenvalue weighted by Gasteiger charge is 2.22. The van der Waals surface area contributed by atoms with Gasteiger partial charge in [-0.25, -0.2) is 0 Å². The highest BCUT2D eigenvalue weighted by atomic mass is 16.3. The van der Waals surface area contributed by atoms with Gasteiger partial charge in [0.05, 0.1) is 13.2 Å². The molecule has 0 fully saturated rings. The Bertz CT molecular complexity index is 96.5. The molecule has 5 nitrogen and oxygen atoms in total. The number of nitrogens with zero attached hydrogens (tertiary/aromatic N) is 1. The van der Waals surface area contributed by atoms with Crippen molar-refractivity contribution >= 4 is 0 Å². The molecule has 0 rings (SSSR count). The molecule has 0 saturated carbocycles. The Hall–Kier alpha value is -0.200. The van der Waals surface area contributed by atoms with Crippen LogP contribution in [0.1, 0.15) is 6.92 Å². The van der Waals surface area contributed by atoms with Crippen LogP contribution in [0.5, 0.6) is 0 Å². The van der Waals surface area contributed by atoms with Gasteiger partial charge in [-0.2, -0.15) is 0 Å². The summed E-state index contributed by atoms with van der Waals surface area (Å²) < 4.78 is 0. The van der Waals surface area contributed by atoms with Gasteiger partial charge in [-0.3, -0.25) is 10.6 Å². The van der Waals surface area contributed by atoms with Crippen LogP contribution >= 0.6 is 0 Å². The summed E-state index contributed by atoms with van der Waals surface area (Å²) in [5.74, 6) is -1.47. The molecule has 0 radical (unpaired) electrons. The van der Waals surface area contributed by atoms with Crippen molar-refractivity contribution < 1.29 is 15.3 Å². The van der Waals surface area contributed by atoms with Crippen molar-refractivity contribution in [1.29, 1.82) is 0 Å². The van der Waals surface area contributed by atoms with Gasteiger partial charge in [0.15, 0.2) is 5.85 Å². The fourth-order valence-corrected chi connectivity index (χ4v) is 0.806. The van der Waals surface area contributed by atoms with E-state index >= 15 is 0 Å². The average molecular weight is 164 g/mol. The van der Waals surface area contributed by atoms with E-state index in [0.717, 1.165) is 0 Å². The van der Waals surface area contributed by atoms with E-state index in [2.05, 4.69) is 0 Å². The Balaban J connectivity index is 3.88. The lowest BCUT2D eigenvalue weighted by Gasteiger charge is -2.32. The average Bonchev–Trinajstić information content (AvgIpc) is 1.85. The first-order chi connectivity index (χ1) is 5.02. The fourth-order valence-electron chi connectivity index (χ4n) is 0.806. The standard InChI is InChI=1S/C6H16N2O3/c1-6(7,11)8(2-4-9)3-5-10/h9-11H,2-5,7H2,1H3. The Morgan fingerprint density at radius 2 is 1.64 bits per heavy atom. The summed E-state index contributed by atoms with van der Waals surface area (Å²) in [5.41, 5.74) is 5.31. The topological polar surface area (TPSA) is 90.0 Å². The molecule has 11 heavy (non-hydrogen) atoms. The minimum absolute atomic E-state index is 0.0899. The lowest BCUT2D eigenvalue weighted by molar-refractivity contribution is -0.0983. The minimum Gasteiger partial charge on any atom is -0.395 e. The van der Waals surface area contributed by atoms with Crippen molar-refractivity contribution in [2.24, 2.45) is 5.73 Å². The van der Waals surface area contributed by atoms with Gasteiger partial charge in [0.1, 0.15) is 0 Å². The van der Waals surface area contributed by atoms with E-state index in [-0.39, 0.29) is 26.3 Å². The smallest absolute Gasteiger partial charge is 0.169 e. The van der Waals surface area contributed by atoms with Crippen LogP contribution in [0.2, 0.25) is 0 Å². The van der Waals surface area contributed by atoms with Crippen LogP contribution < -0.4 is 5.73 Å². The summed E-state index contributed by atoms with van der Waals surface area (Å²) in [4.78, 5) is 1.38. The lowest BCUT2D eigenvalue weighted by atomic mass is 10.3. The molecule has 0 saturated heterocycles. The van der Waals surface area contributed by atoms with E-state index in [1.54, 1.807) is 0 Å². The third-order valence-corrected chi connectivity index (χ3v) is 1.38. The quantitative estimate of drug-likeness (QED) is 0.349. The van der Waals surface area contributed by atoms with Crippen molar-refractivity contribution in [1.82, 2.24) is 4.90 Å². The van der Waals surface area contributed by atoms with E-state index < -0.39 is 5.85 Å². The molecule has 0 aromatic heterocycles. The Labute approximate surface area is 66.0 Å². The predicted molar refractivity (Wildman–Crippen MR) is 40.6 cm³/mol. The molecule has 0 aliphatic carbocycles. The van der Waals surface area contributed by atoms with E-state index in [0.29, 0.717) is 0 Å². The van der Waals surface area contributed by atoms with Gasteiger partial charge >= 0.3 is 0 Å². The first-order valence-corrected chi connectivity index (χ1v) is 3.50. The van der Waals surface area contributed by atoms with Gasteiger partial charge in [-0.05, 0) is 6.92 Å². The molecule has 0 aliphatic rings. The SMILES string of the molecule is CC(N)(O)N(CCO)CCO. The summed E-state index contributed by atoms with van der Waals surface area (Å²) >= 11 is 0. The maximum atomic E-state index is 9.22. The van der Waals surface area contributed by atoms with Crippen LogP contribution in [0.15, 0.2) is 0 Å². The predicted octanol–water partition coefficient (Wildman–Crippen LogP) is -2.10. The van der Waals surface area contributed by atoms with Crippen LogP contribution in [-0.2, 0) is 0 Å². The van der Waals surface area contributed by atoms with Crippen LogP contribution in [0.4, 0.5) is 0 Å². The van der Waals surface area contributed by atoms with E-state index in [9.17, 15) is 5.11 Å². The number of hydrogen-bond donors (Lipinski definition) is 4. The molecule has 0 spiro atoms. The molecule has 5 N–H and O–H groups in total. The first kappa shape index (κ1) is 10.8. The van der Waals surface area contributed by atoms with Crippen molar-refractivity contribution in [3.63, 3.8) is 0 Å². The van der Waals surface area contributed by atoms with Crippen LogP contribution in [0.3, 0.4) is 0 Å². The van der Waals surface area contributed by atoms with Crippen LogP contribution in [0.25, 0.3) is 0 Å². The minimum atomic E-state index is -1.47. The zero-order chi connectivity index (χ0) is 8.91. The van der Waals surface area contributed by atoms with Gasteiger partial charge in [-0.1, -0.05) is 0 Å². The molecule has 0 heterocycles. The maximum absolute atomic E-state index is 9.22. The van der Waals surface area contributed by atoms with Crippen molar-refractivity contribution in [2.75, 3.05) is 26.3 Å². The van der Waals surface area contributed by atoms with Gasteiger partial charge in [0.25, 0.3) is 0 Å². The molecule has 0 amide bonds. The van der Waals surface area contributed by atoms with E-state index in [1.807, 2.05) is 0 Å². The van der Waals surface area contributed by atoms with E-state index in [4.69, 9.17) is 15.9 Å². The number of rotatable bonds is 5. The second-order valence-corrected chi connectivity index (χ2v) is 2.53. The summed E-state index contributed by atoms with van der Waals surface area (Å²) in [7, 11) is 0. The number of aliphatic hydroxyl groups is 3. The van der Waals surface area contributed by atoms with E-state index in [1.165, 1.54) is 11.8 Å². The zero-order valence-corrected chi connectivity index (χ0v) is 6.69. The third kappa shape index (κ3) is 4.28. The molecular formula is C6H16N2O3. The molecule has 0 aliphatic heterocycles. The normalized spacial score (nSPS) is 16.9. The molecule has 68 valence electrons. The van der Waals surface area contributed by atoms with Gasteiger partial charge < -0.3 is 15.3 Å². The molecule has 0 aromatic carbocycles. The largest absolute Gasteiger partial charge is 0.395 e. The van der Waals surface area contributed by atoms with Gasteiger partial charge in [0, 0.05) is 13.1 Å². The van der Waals surface area contributed by atoms with Crippen molar-refractivity contribution in [3.8, 4) is 0 Å². The fraction of sp³-hybridized carbons (Fsp3) is 1.00. The summed E-state index contributed by atoms with van der Waals surface area (Å²) in [6.45, 7) is 1.73. The second kappa shape index (κ2) is 4.63. The van der Waals surface area contributed by atoms with Crippen LogP contribution in [0, 0.1) is 0 Å². The highest BCUT2D eigenvalue weighted by Crippen LogP contribution is 2.01. The Morgan fingerprint density at radius 1 is 1.27 bits per heavy atom. The zero-order valence-electron chi connectivity index (χ0n) is 6.69. The monoisotopic (exact) mass is 164 g/mol. The molecule has 1 unspecified atom stereocenters. The molecule has 1 atom stereocenters. The van der Waals surface area contributed by atoms with Gasteiger partial charge in [-0.15, -0.1) is 0 Å². The Morgan fingerprint density at radius 3 is 1.82 bits per heavy atom. The summed E-state index contributed by atoms with van der Waals surface area (Å²) in [6, 6.07) is 0. The molecule has 0 aromatic rings. The molecule has 0 bridgehead atoms. The molecule has 5 heteroatoms. The van der Waals surface area contributed by atoms with Gasteiger partial charge in [0.2, 0.25) is 0 Å². The number of nitrogens with two attached hydrogens (primary N) is 1. The summed E-state index contributed by atoms with van der Waals surface area (Å²) in [5, 5.41) is 26.3. The number of hydrogen-bond acceptors (Lipinski definition) is 5.